The van der Waals surface area contributed by atoms with Gasteiger partial charge in [-0.05, 0) is 42.8 Å². The van der Waals surface area contributed by atoms with E-state index in [-0.39, 0.29) is 6.04 Å². The summed E-state index contributed by atoms with van der Waals surface area (Å²) in [6.45, 7) is 3.58. The lowest BCUT2D eigenvalue weighted by Gasteiger charge is -2.18. The first-order valence-corrected chi connectivity index (χ1v) is 6.97. The molecule has 0 aromatic heterocycles. The Kier molecular flexibility index (Phi) is 5.44. The Balaban J connectivity index is 1.93. The summed E-state index contributed by atoms with van der Waals surface area (Å²) in [5, 5.41) is 12.9. The highest BCUT2D eigenvalue weighted by atomic mass is 16.5. The minimum Gasteiger partial charge on any atom is -0.508 e. The average Bonchev–Trinajstić information content (AvgIpc) is 2.46. The van der Waals surface area contributed by atoms with Crippen LogP contribution in [0.5, 0.6) is 11.5 Å². The summed E-state index contributed by atoms with van der Waals surface area (Å²) in [7, 11) is 0. The number of likely N-dealkylation sites (N-methyl/N-ethyl adjacent to an activating group) is 1. The summed E-state index contributed by atoms with van der Waals surface area (Å²) in [5.41, 5.74) is 1.10. The van der Waals surface area contributed by atoms with Crippen LogP contribution in [-0.2, 0) is 6.42 Å². The SMILES string of the molecule is CCNC(COc1ccccc1)Cc1cccc(O)c1. The van der Waals surface area contributed by atoms with Crippen molar-refractivity contribution in [1.82, 2.24) is 5.32 Å². The zero-order valence-electron chi connectivity index (χ0n) is 11.8. The number of phenolic OH excluding ortho intramolecular Hbond substituents is 1. The number of benzene rings is 2. The van der Waals surface area contributed by atoms with E-state index in [2.05, 4.69) is 12.2 Å². The normalized spacial score (nSPS) is 12.1. The van der Waals surface area contributed by atoms with Gasteiger partial charge in [0.1, 0.15) is 18.1 Å². The lowest BCUT2D eigenvalue weighted by atomic mass is 10.1. The number of nitrogens with one attached hydrogen (secondary N) is 1. The molecular weight excluding hydrogens is 250 g/mol. The Hall–Kier alpha value is -2.00. The van der Waals surface area contributed by atoms with Crippen molar-refractivity contribution in [1.29, 1.82) is 0 Å². The molecule has 1 unspecified atom stereocenters. The highest BCUT2D eigenvalue weighted by Crippen LogP contribution is 2.14. The standard InChI is InChI=1S/C17H21NO2/c1-2-18-15(11-14-7-6-8-16(19)12-14)13-20-17-9-4-3-5-10-17/h3-10,12,15,18-19H,2,11,13H2,1H3. The number of phenols is 1. The first-order chi connectivity index (χ1) is 9.78. The minimum atomic E-state index is 0.224. The van der Waals surface area contributed by atoms with E-state index in [1.54, 1.807) is 12.1 Å². The zero-order chi connectivity index (χ0) is 14.2. The van der Waals surface area contributed by atoms with Gasteiger partial charge in [0, 0.05) is 6.04 Å². The van der Waals surface area contributed by atoms with Crippen LogP contribution in [-0.4, -0.2) is 24.3 Å². The predicted molar refractivity (Wildman–Crippen MR) is 81.2 cm³/mol. The molecule has 0 spiro atoms. The molecule has 1 atom stereocenters. The Morgan fingerprint density at radius 1 is 1.10 bits per heavy atom. The Bertz CT molecular complexity index is 513. The maximum absolute atomic E-state index is 9.51. The van der Waals surface area contributed by atoms with Crippen molar-refractivity contribution in [2.75, 3.05) is 13.2 Å². The third-order valence-corrected chi connectivity index (χ3v) is 3.08. The molecule has 106 valence electrons. The van der Waals surface area contributed by atoms with Gasteiger partial charge in [-0.2, -0.15) is 0 Å². The van der Waals surface area contributed by atoms with Gasteiger partial charge >= 0.3 is 0 Å². The summed E-state index contributed by atoms with van der Waals surface area (Å²) >= 11 is 0. The fraction of sp³-hybridized carbons (Fsp3) is 0.294. The van der Waals surface area contributed by atoms with Crippen molar-refractivity contribution in [3.05, 3.63) is 60.2 Å². The van der Waals surface area contributed by atoms with Crippen molar-refractivity contribution in [3.8, 4) is 11.5 Å². The van der Waals surface area contributed by atoms with Gasteiger partial charge in [-0.15, -0.1) is 0 Å². The van der Waals surface area contributed by atoms with E-state index in [9.17, 15) is 5.11 Å². The summed E-state index contributed by atoms with van der Waals surface area (Å²) in [5.74, 6) is 1.19. The topological polar surface area (TPSA) is 41.5 Å². The van der Waals surface area contributed by atoms with Gasteiger partial charge in [0.25, 0.3) is 0 Å². The van der Waals surface area contributed by atoms with Gasteiger partial charge in [0.05, 0.1) is 0 Å². The van der Waals surface area contributed by atoms with Crippen molar-refractivity contribution >= 4 is 0 Å². The minimum absolute atomic E-state index is 0.224. The molecule has 0 aliphatic rings. The molecule has 0 fully saturated rings. The smallest absolute Gasteiger partial charge is 0.119 e. The predicted octanol–water partition coefficient (Wildman–Crippen LogP) is 2.99. The van der Waals surface area contributed by atoms with Crippen molar-refractivity contribution < 1.29 is 9.84 Å². The van der Waals surface area contributed by atoms with Gasteiger partial charge < -0.3 is 15.2 Å². The number of hydrogen-bond acceptors (Lipinski definition) is 3. The first-order valence-electron chi connectivity index (χ1n) is 6.97. The maximum Gasteiger partial charge on any atom is 0.119 e. The zero-order valence-corrected chi connectivity index (χ0v) is 11.8. The fourth-order valence-corrected chi connectivity index (χ4v) is 2.16. The Morgan fingerprint density at radius 3 is 2.60 bits per heavy atom. The van der Waals surface area contributed by atoms with E-state index in [1.807, 2.05) is 42.5 Å². The van der Waals surface area contributed by atoms with Crippen LogP contribution >= 0.6 is 0 Å². The molecule has 0 aliphatic carbocycles. The highest BCUT2D eigenvalue weighted by Gasteiger charge is 2.10. The molecule has 20 heavy (non-hydrogen) atoms. The van der Waals surface area contributed by atoms with E-state index in [0.717, 1.165) is 24.3 Å². The highest BCUT2D eigenvalue weighted by molar-refractivity contribution is 5.28. The van der Waals surface area contributed by atoms with Crippen molar-refractivity contribution in [3.63, 3.8) is 0 Å². The molecule has 3 heteroatoms. The third-order valence-electron chi connectivity index (χ3n) is 3.08. The summed E-state index contributed by atoms with van der Waals surface area (Å²) in [6, 6.07) is 17.4. The van der Waals surface area contributed by atoms with Crippen LogP contribution in [0.4, 0.5) is 0 Å². The first kappa shape index (κ1) is 14.4. The molecule has 0 aliphatic heterocycles. The van der Waals surface area contributed by atoms with E-state index in [4.69, 9.17) is 4.74 Å². The molecule has 0 radical (unpaired) electrons. The van der Waals surface area contributed by atoms with Gasteiger partial charge in [-0.1, -0.05) is 37.3 Å². The van der Waals surface area contributed by atoms with E-state index >= 15 is 0 Å². The molecule has 2 rings (SSSR count). The molecular formula is C17H21NO2. The number of rotatable bonds is 7. The number of aromatic hydroxyl groups is 1. The van der Waals surface area contributed by atoms with Gasteiger partial charge in [-0.25, -0.2) is 0 Å². The number of para-hydroxylation sites is 1. The Labute approximate surface area is 120 Å². The largest absolute Gasteiger partial charge is 0.508 e. The van der Waals surface area contributed by atoms with E-state index in [1.165, 1.54) is 0 Å². The number of hydrogen-bond donors (Lipinski definition) is 2. The molecule has 0 saturated carbocycles. The van der Waals surface area contributed by atoms with E-state index in [0.29, 0.717) is 12.4 Å². The summed E-state index contributed by atoms with van der Waals surface area (Å²) < 4.78 is 5.80. The summed E-state index contributed by atoms with van der Waals surface area (Å²) in [6.07, 6.45) is 0.828. The second kappa shape index (κ2) is 7.56. The van der Waals surface area contributed by atoms with Crippen LogP contribution in [0, 0.1) is 0 Å². The van der Waals surface area contributed by atoms with Crippen LogP contribution in [0.25, 0.3) is 0 Å². The van der Waals surface area contributed by atoms with Crippen LogP contribution in [0.1, 0.15) is 12.5 Å². The second-order valence-corrected chi connectivity index (χ2v) is 4.75. The maximum atomic E-state index is 9.51. The van der Waals surface area contributed by atoms with Crippen LogP contribution in [0.3, 0.4) is 0 Å². The third kappa shape index (κ3) is 4.59. The quantitative estimate of drug-likeness (QED) is 0.813. The molecule has 3 nitrogen and oxygen atoms in total. The van der Waals surface area contributed by atoms with Crippen molar-refractivity contribution in [2.24, 2.45) is 0 Å². The fourth-order valence-electron chi connectivity index (χ4n) is 2.16. The molecule has 2 N–H and O–H groups in total. The molecule has 2 aromatic carbocycles. The summed E-state index contributed by atoms with van der Waals surface area (Å²) in [4.78, 5) is 0. The number of ether oxygens (including phenoxy) is 1. The van der Waals surface area contributed by atoms with E-state index < -0.39 is 0 Å². The average molecular weight is 271 g/mol. The lowest BCUT2D eigenvalue weighted by Crippen LogP contribution is -2.36. The molecule has 0 saturated heterocycles. The van der Waals surface area contributed by atoms with Crippen LogP contribution in [0.15, 0.2) is 54.6 Å². The van der Waals surface area contributed by atoms with Crippen LogP contribution in [0.2, 0.25) is 0 Å². The second-order valence-electron chi connectivity index (χ2n) is 4.75. The molecule has 2 aromatic rings. The Morgan fingerprint density at radius 2 is 1.90 bits per heavy atom. The van der Waals surface area contributed by atoms with Crippen LogP contribution < -0.4 is 10.1 Å². The monoisotopic (exact) mass is 271 g/mol. The van der Waals surface area contributed by atoms with Gasteiger partial charge in [0.15, 0.2) is 0 Å². The van der Waals surface area contributed by atoms with Gasteiger partial charge in [-0.3, -0.25) is 0 Å². The van der Waals surface area contributed by atoms with Crippen molar-refractivity contribution in [2.45, 2.75) is 19.4 Å². The van der Waals surface area contributed by atoms with Gasteiger partial charge in [0.2, 0.25) is 0 Å². The lowest BCUT2D eigenvalue weighted by molar-refractivity contribution is 0.265. The molecule has 0 amide bonds. The molecule has 0 heterocycles. The molecule has 0 bridgehead atoms.